The topological polar surface area (TPSA) is 62.5 Å². The van der Waals surface area contributed by atoms with Gasteiger partial charge in [-0.1, -0.05) is 48.7 Å². The second-order valence-corrected chi connectivity index (χ2v) is 7.71. The standard InChI is InChI=1S/C12H13ClN2O2.C9H10Cl2/c1-7(12(16)17)8(2)15-9(3)10-4-11(13)6-14-5-10;1-6(2)8-5-7(10)3-4-9(8)11/h4-6H,1-3H3,(H,16,17);3-6H,1-2H3/b8-7+,15-9?;. The highest BCUT2D eigenvalue weighted by atomic mass is 35.5. The number of rotatable bonds is 4. The zero-order chi connectivity index (χ0) is 21.4. The molecule has 1 N–H and O–H groups in total. The quantitative estimate of drug-likeness (QED) is 0.409. The van der Waals surface area contributed by atoms with Crippen molar-refractivity contribution in [1.29, 1.82) is 0 Å². The molecule has 0 spiro atoms. The van der Waals surface area contributed by atoms with Gasteiger partial charge in [-0.3, -0.25) is 9.98 Å². The number of aliphatic carboxylic acids is 1. The molecule has 0 saturated carbocycles. The van der Waals surface area contributed by atoms with Crippen LogP contribution in [0.2, 0.25) is 15.1 Å². The van der Waals surface area contributed by atoms with Crippen molar-refractivity contribution in [2.75, 3.05) is 0 Å². The van der Waals surface area contributed by atoms with Crippen molar-refractivity contribution in [2.45, 2.75) is 40.5 Å². The molecule has 0 unspecified atom stereocenters. The van der Waals surface area contributed by atoms with Gasteiger partial charge in [0.1, 0.15) is 0 Å². The first-order chi connectivity index (χ1) is 13.0. The first kappa shape index (κ1) is 24.2. The number of hydrogen-bond acceptors (Lipinski definition) is 3. The van der Waals surface area contributed by atoms with Gasteiger partial charge in [0.05, 0.1) is 10.6 Å². The number of aromatic nitrogens is 1. The summed E-state index contributed by atoms with van der Waals surface area (Å²) in [5.74, 6) is -0.538. The third-order valence-corrected chi connectivity index (χ3v) is 4.69. The van der Waals surface area contributed by atoms with E-state index in [4.69, 9.17) is 39.9 Å². The number of allylic oxidation sites excluding steroid dienone is 1. The molecule has 2 rings (SSSR count). The molecule has 7 heteroatoms. The number of carboxylic acid groups (broad SMARTS) is 1. The zero-order valence-electron chi connectivity index (χ0n) is 16.4. The van der Waals surface area contributed by atoms with Crippen molar-refractivity contribution < 1.29 is 9.90 Å². The van der Waals surface area contributed by atoms with Crippen LogP contribution in [0.15, 0.2) is 52.9 Å². The molecular formula is C21H23Cl3N2O2. The lowest BCUT2D eigenvalue weighted by Crippen LogP contribution is -2.01. The van der Waals surface area contributed by atoms with Crippen molar-refractivity contribution in [3.63, 3.8) is 0 Å². The average molecular weight is 442 g/mol. The number of benzene rings is 1. The molecular weight excluding hydrogens is 419 g/mol. The van der Waals surface area contributed by atoms with Gasteiger partial charge in [-0.2, -0.15) is 0 Å². The lowest BCUT2D eigenvalue weighted by Gasteiger charge is -2.07. The summed E-state index contributed by atoms with van der Waals surface area (Å²) in [5, 5.41) is 10.9. The normalized spacial score (nSPS) is 12.2. The summed E-state index contributed by atoms with van der Waals surface area (Å²) in [6, 6.07) is 7.28. The second kappa shape index (κ2) is 11.2. The third kappa shape index (κ3) is 7.63. The summed E-state index contributed by atoms with van der Waals surface area (Å²) in [6.45, 7) is 9.15. The van der Waals surface area contributed by atoms with Crippen molar-refractivity contribution in [2.24, 2.45) is 4.99 Å². The number of halogens is 3. The Hall–Kier alpha value is -1.88. The molecule has 0 amide bonds. The highest BCUT2D eigenvalue weighted by Gasteiger charge is 2.06. The summed E-state index contributed by atoms with van der Waals surface area (Å²) in [7, 11) is 0. The molecule has 4 nitrogen and oxygen atoms in total. The minimum atomic E-state index is -0.969. The van der Waals surface area contributed by atoms with Crippen molar-refractivity contribution in [3.05, 3.63) is 74.1 Å². The molecule has 1 heterocycles. The van der Waals surface area contributed by atoms with Crippen LogP contribution in [0.3, 0.4) is 0 Å². The summed E-state index contributed by atoms with van der Waals surface area (Å²) >= 11 is 17.5. The molecule has 0 saturated heterocycles. The van der Waals surface area contributed by atoms with Gasteiger partial charge in [-0.25, -0.2) is 4.79 Å². The fraction of sp³-hybridized carbons (Fsp3) is 0.286. The largest absolute Gasteiger partial charge is 0.478 e. The number of carboxylic acids is 1. The predicted octanol–water partition coefficient (Wildman–Crippen LogP) is 7.04. The first-order valence-electron chi connectivity index (χ1n) is 8.54. The Balaban J connectivity index is 0.000000307. The van der Waals surface area contributed by atoms with E-state index in [9.17, 15) is 4.79 Å². The lowest BCUT2D eigenvalue weighted by molar-refractivity contribution is -0.132. The lowest BCUT2D eigenvalue weighted by atomic mass is 10.0. The van der Waals surface area contributed by atoms with E-state index in [-0.39, 0.29) is 5.57 Å². The van der Waals surface area contributed by atoms with E-state index in [1.807, 2.05) is 12.1 Å². The van der Waals surface area contributed by atoms with Crippen LogP contribution < -0.4 is 0 Å². The van der Waals surface area contributed by atoms with E-state index in [2.05, 4.69) is 23.8 Å². The fourth-order valence-corrected chi connectivity index (χ4v) is 2.81. The van der Waals surface area contributed by atoms with Gasteiger partial charge in [0.15, 0.2) is 0 Å². The Morgan fingerprint density at radius 3 is 2.18 bits per heavy atom. The predicted molar refractivity (Wildman–Crippen MR) is 118 cm³/mol. The molecule has 0 aliphatic rings. The summed E-state index contributed by atoms with van der Waals surface area (Å²) < 4.78 is 0. The monoisotopic (exact) mass is 440 g/mol. The Labute approximate surface area is 180 Å². The van der Waals surface area contributed by atoms with Crippen molar-refractivity contribution in [3.8, 4) is 0 Å². The van der Waals surface area contributed by atoms with Gasteiger partial charge in [0.2, 0.25) is 0 Å². The molecule has 0 fully saturated rings. The van der Waals surface area contributed by atoms with Gasteiger partial charge in [-0.15, -0.1) is 0 Å². The van der Waals surface area contributed by atoms with Crippen LogP contribution in [-0.2, 0) is 4.79 Å². The number of nitrogens with zero attached hydrogens (tertiary/aromatic N) is 2. The molecule has 0 aliphatic heterocycles. The van der Waals surface area contributed by atoms with Gasteiger partial charge < -0.3 is 5.11 Å². The number of carbonyl (C=O) groups is 1. The van der Waals surface area contributed by atoms with Gasteiger partial charge in [0.25, 0.3) is 0 Å². The third-order valence-electron chi connectivity index (χ3n) is 3.90. The Morgan fingerprint density at radius 2 is 1.68 bits per heavy atom. The van der Waals surface area contributed by atoms with Crippen LogP contribution in [0.5, 0.6) is 0 Å². The zero-order valence-corrected chi connectivity index (χ0v) is 18.7. The van der Waals surface area contributed by atoms with Crippen LogP contribution in [0.1, 0.15) is 51.7 Å². The van der Waals surface area contributed by atoms with E-state index in [1.54, 1.807) is 32.2 Å². The molecule has 0 bridgehead atoms. The Morgan fingerprint density at radius 1 is 1.04 bits per heavy atom. The van der Waals surface area contributed by atoms with E-state index in [0.29, 0.717) is 22.3 Å². The second-order valence-electron chi connectivity index (χ2n) is 6.43. The molecule has 2 aromatic rings. The molecule has 0 radical (unpaired) electrons. The van der Waals surface area contributed by atoms with Crippen molar-refractivity contribution in [1.82, 2.24) is 4.98 Å². The SMILES string of the molecule is CC(=N/C(C)=C(\C)C(=O)O)c1cncc(Cl)c1.CC(C)c1cc(Cl)ccc1Cl. The smallest absolute Gasteiger partial charge is 0.333 e. The van der Waals surface area contributed by atoms with Crippen LogP contribution in [0.4, 0.5) is 0 Å². The van der Waals surface area contributed by atoms with Gasteiger partial charge in [-0.05, 0) is 56.5 Å². The Bertz CT molecular complexity index is 906. The molecule has 0 aliphatic carbocycles. The maximum atomic E-state index is 10.8. The van der Waals surface area contributed by atoms with Crippen LogP contribution in [0.25, 0.3) is 0 Å². The fourth-order valence-electron chi connectivity index (χ4n) is 2.12. The van der Waals surface area contributed by atoms with E-state index >= 15 is 0 Å². The minimum absolute atomic E-state index is 0.222. The molecule has 28 heavy (non-hydrogen) atoms. The molecule has 150 valence electrons. The first-order valence-corrected chi connectivity index (χ1v) is 9.68. The Kier molecular flexibility index (Phi) is 9.66. The van der Waals surface area contributed by atoms with Crippen LogP contribution in [-0.4, -0.2) is 21.8 Å². The maximum absolute atomic E-state index is 10.8. The van der Waals surface area contributed by atoms with Crippen LogP contribution >= 0.6 is 34.8 Å². The summed E-state index contributed by atoms with van der Waals surface area (Å²) in [4.78, 5) is 18.9. The highest BCUT2D eigenvalue weighted by molar-refractivity contribution is 6.33. The van der Waals surface area contributed by atoms with Crippen molar-refractivity contribution >= 4 is 46.5 Å². The van der Waals surface area contributed by atoms with E-state index < -0.39 is 5.97 Å². The highest BCUT2D eigenvalue weighted by Crippen LogP contribution is 2.26. The average Bonchev–Trinajstić information content (AvgIpc) is 2.63. The number of aliphatic imine (C=N–C) groups is 1. The number of hydrogen-bond donors (Lipinski definition) is 1. The molecule has 0 atom stereocenters. The maximum Gasteiger partial charge on any atom is 0.333 e. The molecule has 1 aromatic carbocycles. The van der Waals surface area contributed by atoms with Gasteiger partial charge >= 0.3 is 5.97 Å². The summed E-state index contributed by atoms with van der Waals surface area (Å²) in [6.07, 6.45) is 3.16. The van der Waals surface area contributed by atoms with Gasteiger partial charge in [0, 0.05) is 39.4 Å². The minimum Gasteiger partial charge on any atom is -0.478 e. The van der Waals surface area contributed by atoms with E-state index in [0.717, 1.165) is 21.2 Å². The summed E-state index contributed by atoms with van der Waals surface area (Å²) in [5.41, 5.74) is 3.25. The molecule has 1 aromatic heterocycles. The van der Waals surface area contributed by atoms with E-state index in [1.165, 1.54) is 13.1 Å². The van der Waals surface area contributed by atoms with Crippen LogP contribution in [0, 0.1) is 0 Å². The number of pyridine rings is 1.